The van der Waals surface area contributed by atoms with Crippen LogP contribution in [0.25, 0.3) is 0 Å². The zero-order chi connectivity index (χ0) is 35.0. The van der Waals surface area contributed by atoms with Crippen molar-refractivity contribution in [2.24, 2.45) is 0 Å². The molecule has 3 rings (SSSR count). The predicted molar refractivity (Wildman–Crippen MR) is 189 cm³/mol. The predicted octanol–water partition coefficient (Wildman–Crippen LogP) is 4.48. The molecule has 0 aliphatic rings. The van der Waals surface area contributed by atoms with Gasteiger partial charge in [-0.3, -0.25) is 0 Å². The molecule has 0 saturated heterocycles. The van der Waals surface area contributed by atoms with E-state index in [1.807, 2.05) is 91.0 Å². The molecule has 0 aliphatic heterocycles. The van der Waals surface area contributed by atoms with Crippen LogP contribution in [-0.4, -0.2) is 123 Å². The van der Waals surface area contributed by atoms with Crippen LogP contribution in [-0.2, 0) is 67.2 Å². The van der Waals surface area contributed by atoms with E-state index in [-0.39, 0.29) is 32.5 Å². The first-order valence-corrected chi connectivity index (χ1v) is 17.4. The Morgan fingerprint density at radius 2 is 0.640 bits per heavy atom. The van der Waals surface area contributed by atoms with Gasteiger partial charge >= 0.3 is 0 Å². The number of aliphatic hydroxyl groups excluding tert-OH is 1. The van der Waals surface area contributed by atoms with Crippen LogP contribution >= 0.6 is 0 Å². The molecule has 11 nitrogen and oxygen atoms in total. The Balaban J connectivity index is 1.20. The number of aliphatic hydroxyl groups is 1. The van der Waals surface area contributed by atoms with Crippen molar-refractivity contribution in [3.8, 4) is 0 Å². The van der Waals surface area contributed by atoms with Crippen molar-refractivity contribution in [3.63, 3.8) is 0 Å². The van der Waals surface area contributed by atoms with Gasteiger partial charge in [0.2, 0.25) is 0 Å². The molecule has 0 aliphatic carbocycles. The molecule has 50 heavy (non-hydrogen) atoms. The number of hydrogen-bond donors (Lipinski definition) is 1. The summed E-state index contributed by atoms with van der Waals surface area (Å²) in [7, 11) is 0. The van der Waals surface area contributed by atoms with Gasteiger partial charge in [0.15, 0.2) is 0 Å². The van der Waals surface area contributed by atoms with Crippen LogP contribution in [0.4, 0.5) is 0 Å². The summed E-state index contributed by atoms with van der Waals surface area (Å²) in [6.45, 7) is 7.83. The molecule has 0 saturated carbocycles. The molecule has 3 aromatic rings. The SMILES string of the molecule is OC(COCCOCCOCc1ccccc1)COC(COCCOCCOCc1ccccc1)COCCOCCOCc1ccccc1. The van der Waals surface area contributed by atoms with Crippen molar-refractivity contribution in [2.75, 3.05) is 106 Å². The minimum atomic E-state index is -0.801. The number of ether oxygens (including phenoxy) is 10. The normalized spacial score (nSPS) is 12.1. The fourth-order valence-corrected chi connectivity index (χ4v) is 4.39. The van der Waals surface area contributed by atoms with Crippen molar-refractivity contribution in [2.45, 2.75) is 32.0 Å². The lowest BCUT2D eigenvalue weighted by atomic mass is 10.2. The van der Waals surface area contributed by atoms with Crippen molar-refractivity contribution in [1.82, 2.24) is 0 Å². The topological polar surface area (TPSA) is 113 Å². The molecular formula is C39H56O11. The van der Waals surface area contributed by atoms with Gasteiger partial charge in [0.1, 0.15) is 12.2 Å². The maximum Gasteiger partial charge on any atom is 0.104 e. The highest BCUT2D eigenvalue weighted by atomic mass is 16.6. The van der Waals surface area contributed by atoms with E-state index in [1.54, 1.807) is 0 Å². The van der Waals surface area contributed by atoms with Gasteiger partial charge in [-0.2, -0.15) is 0 Å². The fraction of sp³-hybridized carbons (Fsp3) is 0.538. The van der Waals surface area contributed by atoms with E-state index < -0.39 is 6.10 Å². The Kier molecular flexibility index (Phi) is 24.9. The van der Waals surface area contributed by atoms with Gasteiger partial charge in [-0.25, -0.2) is 0 Å². The maximum atomic E-state index is 10.4. The van der Waals surface area contributed by atoms with Crippen molar-refractivity contribution in [3.05, 3.63) is 108 Å². The van der Waals surface area contributed by atoms with Crippen molar-refractivity contribution in [1.29, 1.82) is 0 Å². The molecule has 0 bridgehead atoms. The van der Waals surface area contributed by atoms with Gasteiger partial charge in [0.25, 0.3) is 0 Å². The Morgan fingerprint density at radius 1 is 0.340 bits per heavy atom. The van der Waals surface area contributed by atoms with Crippen LogP contribution in [0, 0.1) is 0 Å². The molecule has 0 aromatic heterocycles. The average Bonchev–Trinajstić information content (AvgIpc) is 3.15. The molecule has 0 radical (unpaired) electrons. The second-order valence-electron chi connectivity index (χ2n) is 11.3. The smallest absolute Gasteiger partial charge is 0.104 e. The second kappa shape index (κ2) is 29.9. The summed E-state index contributed by atoms with van der Waals surface area (Å²) in [5.41, 5.74) is 3.39. The molecule has 1 unspecified atom stereocenters. The Labute approximate surface area is 297 Å². The first-order valence-electron chi connectivity index (χ1n) is 17.4. The zero-order valence-electron chi connectivity index (χ0n) is 29.3. The van der Waals surface area contributed by atoms with E-state index in [1.165, 1.54) is 0 Å². The van der Waals surface area contributed by atoms with Gasteiger partial charge < -0.3 is 52.5 Å². The monoisotopic (exact) mass is 700 g/mol. The zero-order valence-corrected chi connectivity index (χ0v) is 29.3. The van der Waals surface area contributed by atoms with Crippen LogP contribution in [0.3, 0.4) is 0 Å². The quantitative estimate of drug-likeness (QED) is 0.0908. The van der Waals surface area contributed by atoms with Crippen LogP contribution in [0.5, 0.6) is 0 Å². The van der Waals surface area contributed by atoms with Crippen LogP contribution in [0.1, 0.15) is 16.7 Å². The minimum absolute atomic E-state index is 0.0794. The van der Waals surface area contributed by atoms with E-state index in [9.17, 15) is 5.11 Å². The highest BCUT2D eigenvalue weighted by Gasteiger charge is 2.14. The Bertz CT molecular complexity index is 1080. The summed E-state index contributed by atoms with van der Waals surface area (Å²) in [5.74, 6) is 0. The average molecular weight is 701 g/mol. The maximum absolute atomic E-state index is 10.4. The largest absolute Gasteiger partial charge is 0.388 e. The van der Waals surface area contributed by atoms with E-state index in [4.69, 9.17) is 47.4 Å². The minimum Gasteiger partial charge on any atom is -0.388 e. The third-order valence-electron chi connectivity index (χ3n) is 7.01. The van der Waals surface area contributed by atoms with Crippen LogP contribution in [0.15, 0.2) is 91.0 Å². The summed E-state index contributed by atoms with van der Waals surface area (Å²) < 4.78 is 56.7. The van der Waals surface area contributed by atoms with E-state index in [2.05, 4.69) is 0 Å². The van der Waals surface area contributed by atoms with Gasteiger partial charge in [-0.1, -0.05) is 91.0 Å². The van der Waals surface area contributed by atoms with Gasteiger partial charge in [0.05, 0.1) is 126 Å². The standard InChI is InChI=1S/C39H56O11/c40-38(31-47-25-19-41-16-22-44-28-35-10-4-1-5-11-35)32-50-39(33-48-26-20-42-17-23-45-29-36-12-6-2-7-13-36)34-49-27-21-43-18-24-46-30-37-14-8-3-9-15-37/h1-15,38-40H,16-34H2. The van der Waals surface area contributed by atoms with Crippen LogP contribution in [0.2, 0.25) is 0 Å². The molecule has 0 fully saturated rings. The van der Waals surface area contributed by atoms with Gasteiger partial charge in [-0.05, 0) is 16.7 Å². The number of rotatable bonds is 33. The number of benzene rings is 3. The molecule has 278 valence electrons. The van der Waals surface area contributed by atoms with E-state index in [0.29, 0.717) is 99.1 Å². The lowest BCUT2D eigenvalue weighted by Gasteiger charge is -2.20. The summed E-state index contributed by atoms with van der Waals surface area (Å²) in [5, 5.41) is 10.4. The van der Waals surface area contributed by atoms with Crippen molar-refractivity contribution < 1.29 is 52.5 Å². The third-order valence-corrected chi connectivity index (χ3v) is 7.01. The summed E-state index contributed by atoms with van der Waals surface area (Å²) in [6.07, 6.45) is -1.18. The van der Waals surface area contributed by atoms with Crippen molar-refractivity contribution >= 4 is 0 Å². The highest BCUT2D eigenvalue weighted by molar-refractivity contribution is 5.14. The lowest BCUT2D eigenvalue weighted by molar-refractivity contribution is -0.102. The molecular weight excluding hydrogens is 644 g/mol. The fourth-order valence-electron chi connectivity index (χ4n) is 4.39. The molecule has 0 heterocycles. The first kappa shape index (κ1) is 41.6. The highest BCUT2D eigenvalue weighted by Crippen LogP contribution is 2.03. The molecule has 3 aromatic carbocycles. The molecule has 1 atom stereocenters. The molecule has 11 heteroatoms. The summed E-state index contributed by atoms with van der Waals surface area (Å²) in [6, 6.07) is 30.0. The van der Waals surface area contributed by atoms with E-state index in [0.717, 1.165) is 16.7 Å². The summed E-state index contributed by atoms with van der Waals surface area (Å²) in [4.78, 5) is 0. The summed E-state index contributed by atoms with van der Waals surface area (Å²) >= 11 is 0. The van der Waals surface area contributed by atoms with E-state index >= 15 is 0 Å². The van der Waals surface area contributed by atoms with Gasteiger partial charge in [-0.15, -0.1) is 0 Å². The van der Waals surface area contributed by atoms with Gasteiger partial charge in [0, 0.05) is 0 Å². The third kappa shape index (κ3) is 22.8. The Hall–Kier alpha value is -2.78. The van der Waals surface area contributed by atoms with Crippen LogP contribution < -0.4 is 0 Å². The lowest BCUT2D eigenvalue weighted by Crippen LogP contribution is -2.32. The Morgan fingerprint density at radius 3 is 1.00 bits per heavy atom. The molecule has 0 amide bonds. The number of hydrogen-bond acceptors (Lipinski definition) is 11. The first-order chi connectivity index (χ1) is 24.8. The molecule has 0 spiro atoms. The second-order valence-corrected chi connectivity index (χ2v) is 11.3. The molecule has 1 N–H and O–H groups in total.